The molecule has 0 aliphatic carbocycles. The highest BCUT2D eigenvalue weighted by molar-refractivity contribution is 7.89. The molecule has 0 amide bonds. The largest absolute Gasteiger partial charge is 0.373 e. The van der Waals surface area contributed by atoms with Gasteiger partial charge in [-0.05, 0) is 44.3 Å². The van der Waals surface area contributed by atoms with Crippen molar-refractivity contribution in [3.63, 3.8) is 0 Å². The summed E-state index contributed by atoms with van der Waals surface area (Å²) in [6, 6.07) is 12.9. The van der Waals surface area contributed by atoms with Crippen LogP contribution in [-0.4, -0.2) is 57.5 Å². The lowest BCUT2D eigenvalue weighted by atomic mass is 9.99. The van der Waals surface area contributed by atoms with Crippen molar-refractivity contribution in [1.29, 1.82) is 0 Å². The minimum Gasteiger partial charge on any atom is -0.373 e. The zero-order valence-electron chi connectivity index (χ0n) is 15.8. The SMILES string of the molecule is Cc1ccc(F)cc1S(=O)(=O)N1CCO[C@@H](CN(C)C)[C@@H]1c1ccccc1. The quantitative estimate of drug-likeness (QED) is 0.785. The first-order valence-corrected chi connectivity index (χ1v) is 10.3. The number of rotatable bonds is 5. The van der Waals surface area contributed by atoms with E-state index in [2.05, 4.69) is 0 Å². The minimum atomic E-state index is -3.89. The number of morpholine rings is 1. The van der Waals surface area contributed by atoms with E-state index in [9.17, 15) is 12.8 Å². The number of benzene rings is 2. The maximum Gasteiger partial charge on any atom is 0.244 e. The second kappa shape index (κ2) is 8.06. The molecule has 1 aliphatic rings. The van der Waals surface area contributed by atoms with Crippen LogP contribution in [0.2, 0.25) is 0 Å². The standard InChI is InChI=1S/C20H25FN2O3S/c1-15-9-10-17(21)13-19(15)27(24,25)23-11-12-26-18(14-22(2)3)20(23)16-7-5-4-6-8-16/h4-10,13,18,20H,11-12,14H2,1-3H3/t18-,20-/m0/s1. The summed E-state index contributed by atoms with van der Waals surface area (Å²) in [6.07, 6.45) is -0.320. The summed E-state index contributed by atoms with van der Waals surface area (Å²) in [5, 5.41) is 0. The molecule has 2 aromatic carbocycles. The van der Waals surface area contributed by atoms with Crippen LogP contribution >= 0.6 is 0 Å². The molecule has 0 N–H and O–H groups in total. The van der Waals surface area contributed by atoms with Crippen molar-refractivity contribution in [2.75, 3.05) is 33.8 Å². The summed E-state index contributed by atoms with van der Waals surface area (Å²) < 4.78 is 48.1. The number of hydrogen-bond acceptors (Lipinski definition) is 4. The first kappa shape index (κ1) is 19.9. The highest BCUT2D eigenvalue weighted by atomic mass is 32.2. The number of likely N-dealkylation sites (N-methyl/N-ethyl adjacent to an activating group) is 1. The molecule has 146 valence electrons. The Morgan fingerprint density at radius 3 is 2.56 bits per heavy atom. The van der Waals surface area contributed by atoms with Crippen molar-refractivity contribution in [2.24, 2.45) is 0 Å². The van der Waals surface area contributed by atoms with Crippen molar-refractivity contribution >= 4 is 10.0 Å². The van der Waals surface area contributed by atoms with E-state index in [1.165, 1.54) is 16.4 Å². The predicted octanol–water partition coefficient (Wildman–Crippen LogP) is 2.83. The van der Waals surface area contributed by atoms with E-state index >= 15 is 0 Å². The normalized spacial score (nSPS) is 21.5. The Balaban J connectivity index is 2.09. The lowest BCUT2D eigenvalue weighted by molar-refractivity contribution is -0.0514. The smallest absolute Gasteiger partial charge is 0.244 e. The topological polar surface area (TPSA) is 49.9 Å². The van der Waals surface area contributed by atoms with Gasteiger partial charge in [-0.15, -0.1) is 0 Å². The van der Waals surface area contributed by atoms with Crippen LogP contribution in [0.5, 0.6) is 0 Å². The summed E-state index contributed by atoms with van der Waals surface area (Å²) in [5.41, 5.74) is 1.39. The molecular weight excluding hydrogens is 367 g/mol. The number of ether oxygens (including phenoxy) is 1. The molecule has 0 spiro atoms. The van der Waals surface area contributed by atoms with Crippen molar-refractivity contribution in [3.05, 3.63) is 65.5 Å². The van der Waals surface area contributed by atoms with Crippen LogP contribution in [0.1, 0.15) is 17.2 Å². The summed E-state index contributed by atoms with van der Waals surface area (Å²) in [5.74, 6) is -0.562. The summed E-state index contributed by atoms with van der Waals surface area (Å²) in [4.78, 5) is 1.98. The van der Waals surface area contributed by atoms with Gasteiger partial charge in [0.15, 0.2) is 0 Å². The minimum absolute atomic E-state index is 0.00827. The van der Waals surface area contributed by atoms with E-state index in [4.69, 9.17) is 4.74 Å². The van der Waals surface area contributed by atoms with E-state index in [0.29, 0.717) is 18.7 Å². The molecule has 1 aliphatic heterocycles. The van der Waals surface area contributed by atoms with Gasteiger partial charge in [0.1, 0.15) is 5.82 Å². The Kier molecular flexibility index (Phi) is 5.95. The molecule has 27 heavy (non-hydrogen) atoms. The van der Waals surface area contributed by atoms with Gasteiger partial charge >= 0.3 is 0 Å². The molecule has 7 heteroatoms. The number of sulfonamides is 1. The van der Waals surface area contributed by atoms with Gasteiger partial charge in [0.05, 0.1) is 23.6 Å². The van der Waals surface area contributed by atoms with Crippen molar-refractivity contribution in [1.82, 2.24) is 9.21 Å². The van der Waals surface area contributed by atoms with Crippen LogP contribution in [0.25, 0.3) is 0 Å². The van der Waals surface area contributed by atoms with E-state index in [1.807, 2.05) is 49.3 Å². The summed E-state index contributed by atoms with van der Waals surface area (Å²) in [6.45, 7) is 2.78. The third kappa shape index (κ3) is 4.21. The number of halogens is 1. The molecule has 0 radical (unpaired) electrons. The maximum atomic E-state index is 13.8. The number of nitrogens with zero attached hydrogens (tertiary/aromatic N) is 2. The van der Waals surface area contributed by atoms with Gasteiger partial charge in [0.25, 0.3) is 0 Å². The Hall–Kier alpha value is -1.80. The molecular formula is C20H25FN2O3S. The molecule has 0 unspecified atom stereocenters. The maximum absolute atomic E-state index is 13.8. The van der Waals surface area contributed by atoms with Crippen LogP contribution in [0, 0.1) is 12.7 Å². The van der Waals surface area contributed by atoms with Crippen LogP contribution in [0.4, 0.5) is 4.39 Å². The molecule has 2 atom stereocenters. The lowest BCUT2D eigenvalue weighted by Gasteiger charge is -2.41. The zero-order chi connectivity index (χ0) is 19.6. The molecule has 0 aromatic heterocycles. The third-order valence-corrected chi connectivity index (χ3v) is 6.75. The van der Waals surface area contributed by atoms with Crippen LogP contribution in [-0.2, 0) is 14.8 Å². The number of hydrogen-bond donors (Lipinski definition) is 0. The lowest BCUT2D eigenvalue weighted by Crippen LogP contribution is -2.51. The monoisotopic (exact) mass is 392 g/mol. The Morgan fingerprint density at radius 1 is 1.19 bits per heavy atom. The molecule has 1 saturated heterocycles. The van der Waals surface area contributed by atoms with E-state index in [0.717, 1.165) is 11.6 Å². The van der Waals surface area contributed by atoms with Gasteiger partial charge in [-0.1, -0.05) is 36.4 Å². The predicted molar refractivity (Wildman–Crippen MR) is 103 cm³/mol. The van der Waals surface area contributed by atoms with Crippen LogP contribution in [0.15, 0.2) is 53.4 Å². The molecule has 1 heterocycles. The third-order valence-electron chi connectivity index (χ3n) is 4.73. The molecule has 0 bridgehead atoms. The summed E-state index contributed by atoms with van der Waals surface area (Å²) >= 11 is 0. The molecule has 3 rings (SSSR count). The van der Waals surface area contributed by atoms with Gasteiger partial charge in [-0.25, -0.2) is 12.8 Å². The Labute approximate surface area is 160 Å². The van der Waals surface area contributed by atoms with Gasteiger partial charge in [0.2, 0.25) is 10.0 Å². The van der Waals surface area contributed by atoms with Gasteiger partial charge in [0, 0.05) is 13.1 Å². The summed E-state index contributed by atoms with van der Waals surface area (Å²) in [7, 11) is -0.0341. The van der Waals surface area contributed by atoms with Crippen LogP contribution < -0.4 is 0 Å². The van der Waals surface area contributed by atoms with Crippen molar-refractivity contribution < 1.29 is 17.5 Å². The number of aryl methyl sites for hydroxylation is 1. The van der Waals surface area contributed by atoms with Crippen LogP contribution in [0.3, 0.4) is 0 Å². The molecule has 2 aromatic rings. The first-order valence-electron chi connectivity index (χ1n) is 8.90. The second-order valence-corrected chi connectivity index (χ2v) is 8.91. The molecule has 1 fully saturated rings. The van der Waals surface area contributed by atoms with E-state index in [1.54, 1.807) is 6.92 Å². The van der Waals surface area contributed by atoms with E-state index in [-0.39, 0.29) is 17.5 Å². The highest BCUT2D eigenvalue weighted by Gasteiger charge is 2.41. The Morgan fingerprint density at radius 2 is 1.89 bits per heavy atom. The van der Waals surface area contributed by atoms with Gasteiger partial charge in [-0.3, -0.25) is 0 Å². The molecule has 0 saturated carbocycles. The van der Waals surface area contributed by atoms with Crippen molar-refractivity contribution in [3.8, 4) is 0 Å². The van der Waals surface area contributed by atoms with Gasteiger partial charge < -0.3 is 9.64 Å². The fourth-order valence-corrected chi connectivity index (χ4v) is 5.36. The fraction of sp³-hybridized carbons (Fsp3) is 0.400. The second-order valence-electron chi connectivity index (χ2n) is 7.05. The average Bonchev–Trinajstić information content (AvgIpc) is 2.63. The van der Waals surface area contributed by atoms with E-state index < -0.39 is 21.9 Å². The Bertz CT molecular complexity index is 887. The molecule has 5 nitrogen and oxygen atoms in total. The zero-order valence-corrected chi connectivity index (χ0v) is 16.6. The average molecular weight is 392 g/mol. The van der Waals surface area contributed by atoms with Crippen molar-refractivity contribution in [2.45, 2.75) is 24.0 Å². The fourth-order valence-electron chi connectivity index (χ4n) is 3.50. The first-order chi connectivity index (χ1) is 12.8. The van der Waals surface area contributed by atoms with Gasteiger partial charge in [-0.2, -0.15) is 4.31 Å². The highest BCUT2D eigenvalue weighted by Crippen LogP contribution is 2.35.